The van der Waals surface area contributed by atoms with E-state index in [1.807, 2.05) is 25.1 Å². The van der Waals surface area contributed by atoms with E-state index in [1.165, 1.54) is 5.56 Å². The number of nitrogens with one attached hydrogen (secondary N) is 2. The van der Waals surface area contributed by atoms with Crippen molar-refractivity contribution in [2.24, 2.45) is 5.92 Å². The molecule has 2 N–H and O–H groups in total. The molecule has 3 rings (SSSR count). The van der Waals surface area contributed by atoms with Gasteiger partial charge in [0.25, 0.3) is 0 Å². The normalized spacial score (nSPS) is 15.4. The van der Waals surface area contributed by atoms with E-state index in [9.17, 15) is 13.2 Å². The van der Waals surface area contributed by atoms with E-state index in [1.54, 1.807) is 26.2 Å². The summed E-state index contributed by atoms with van der Waals surface area (Å²) in [6, 6.07) is 13.4. The number of benzene rings is 2. The Bertz CT molecular complexity index is 1030. The molecule has 180 valence electrons. The largest absolute Gasteiger partial charge is 0.497 e. The monoisotopic (exact) mass is 473 g/mol. The summed E-state index contributed by atoms with van der Waals surface area (Å²) in [5.74, 6) is 1.19. The van der Waals surface area contributed by atoms with Crippen LogP contribution in [0.4, 0.5) is 0 Å². The Morgan fingerprint density at radius 2 is 1.79 bits per heavy atom. The number of carbonyl (C=O) groups is 1. The highest BCUT2D eigenvalue weighted by atomic mass is 32.2. The summed E-state index contributed by atoms with van der Waals surface area (Å²) < 4.78 is 32.7. The minimum atomic E-state index is -3.62. The molecule has 2 aromatic carbocycles. The standard InChI is InChI=1S/C25H35N3O4S/c1-19-4-9-24(20(2)16-19)33(30,31)27-13-10-25(29)26-17-21-11-14-28(15-12-21)18-22-5-7-23(32-3)8-6-22/h4-9,16,21,27H,10-15,17-18H2,1-3H3,(H,26,29). The van der Waals surface area contributed by atoms with Crippen LogP contribution in [0.2, 0.25) is 0 Å². The minimum absolute atomic E-state index is 0.0851. The minimum Gasteiger partial charge on any atom is -0.497 e. The summed E-state index contributed by atoms with van der Waals surface area (Å²) in [6.07, 6.45) is 2.20. The van der Waals surface area contributed by atoms with E-state index in [-0.39, 0.29) is 23.8 Å². The average molecular weight is 474 g/mol. The molecule has 1 aliphatic heterocycles. The highest BCUT2D eigenvalue weighted by Gasteiger charge is 2.20. The smallest absolute Gasteiger partial charge is 0.240 e. The van der Waals surface area contributed by atoms with Crippen LogP contribution in [0, 0.1) is 19.8 Å². The van der Waals surface area contributed by atoms with Crippen LogP contribution in [-0.4, -0.2) is 52.5 Å². The number of aryl methyl sites for hydroxylation is 2. The van der Waals surface area contributed by atoms with Gasteiger partial charge in [-0.1, -0.05) is 29.8 Å². The molecular weight excluding hydrogens is 438 g/mol. The van der Waals surface area contributed by atoms with Gasteiger partial charge in [0.2, 0.25) is 15.9 Å². The third kappa shape index (κ3) is 7.55. The zero-order valence-corrected chi connectivity index (χ0v) is 20.6. The van der Waals surface area contributed by atoms with E-state index in [2.05, 4.69) is 27.1 Å². The lowest BCUT2D eigenvalue weighted by atomic mass is 9.96. The number of ether oxygens (including phenoxy) is 1. The van der Waals surface area contributed by atoms with Crippen molar-refractivity contribution in [3.8, 4) is 5.75 Å². The van der Waals surface area contributed by atoms with Crippen molar-refractivity contribution in [3.05, 3.63) is 59.2 Å². The highest BCUT2D eigenvalue weighted by Crippen LogP contribution is 2.20. The second-order valence-corrected chi connectivity index (χ2v) is 10.5. The van der Waals surface area contributed by atoms with Crippen molar-refractivity contribution in [2.75, 3.05) is 33.3 Å². The Balaban J connectivity index is 1.34. The molecule has 0 bridgehead atoms. The fourth-order valence-electron chi connectivity index (χ4n) is 4.16. The SMILES string of the molecule is COc1ccc(CN2CCC(CNC(=O)CCNS(=O)(=O)c3ccc(C)cc3C)CC2)cc1. The number of likely N-dealkylation sites (tertiary alicyclic amines) is 1. The highest BCUT2D eigenvalue weighted by molar-refractivity contribution is 7.89. The molecule has 0 atom stereocenters. The molecule has 0 unspecified atom stereocenters. The van der Waals surface area contributed by atoms with Crippen molar-refractivity contribution in [3.63, 3.8) is 0 Å². The van der Waals surface area contributed by atoms with E-state index in [0.29, 0.717) is 18.0 Å². The molecule has 2 aromatic rings. The molecule has 1 amide bonds. The second-order valence-electron chi connectivity index (χ2n) is 8.79. The molecule has 1 saturated heterocycles. The number of piperidine rings is 1. The van der Waals surface area contributed by atoms with Gasteiger partial charge in [-0.3, -0.25) is 9.69 Å². The van der Waals surface area contributed by atoms with Gasteiger partial charge in [-0.25, -0.2) is 13.1 Å². The first-order valence-electron chi connectivity index (χ1n) is 11.5. The number of carbonyl (C=O) groups excluding carboxylic acids is 1. The molecule has 0 aliphatic carbocycles. The maximum Gasteiger partial charge on any atom is 0.240 e. The lowest BCUT2D eigenvalue weighted by Crippen LogP contribution is -2.39. The summed E-state index contributed by atoms with van der Waals surface area (Å²) in [5.41, 5.74) is 2.98. The number of amides is 1. The summed E-state index contributed by atoms with van der Waals surface area (Å²) >= 11 is 0. The van der Waals surface area contributed by atoms with Gasteiger partial charge in [-0.2, -0.15) is 0 Å². The Morgan fingerprint density at radius 1 is 1.09 bits per heavy atom. The van der Waals surface area contributed by atoms with Crippen LogP contribution in [0.15, 0.2) is 47.4 Å². The number of hydrogen-bond acceptors (Lipinski definition) is 5. The van der Waals surface area contributed by atoms with Crippen molar-refractivity contribution in [1.82, 2.24) is 14.9 Å². The maximum absolute atomic E-state index is 12.5. The third-order valence-corrected chi connectivity index (χ3v) is 7.75. The van der Waals surface area contributed by atoms with Gasteiger partial charge in [-0.05, 0) is 75.0 Å². The van der Waals surface area contributed by atoms with Gasteiger partial charge in [-0.15, -0.1) is 0 Å². The Hall–Kier alpha value is -2.42. The predicted octanol–water partition coefficient (Wildman–Crippen LogP) is 3.01. The molecule has 8 heteroatoms. The van der Waals surface area contributed by atoms with Crippen LogP contribution in [0.3, 0.4) is 0 Å². The second kappa shape index (κ2) is 11.6. The Morgan fingerprint density at radius 3 is 2.42 bits per heavy atom. The fraction of sp³-hybridized carbons (Fsp3) is 0.480. The van der Waals surface area contributed by atoms with Crippen molar-refractivity contribution in [2.45, 2.75) is 44.6 Å². The van der Waals surface area contributed by atoms with Crippen LogP contribution in [-0.2, 0) is 21.4 Å². The van der Waals surface area contributed by atoms with Crippen LogP contribution in [0.1, 0.15) is 36.0 Å². The van der Waals surface area contributed by atoms with Gasteiger partial charge in [0.05, 0.1) is 12.0 Å². The zero-order chi connectivity index (χ0) is 23.8. The van der Waals surface area contributed by atoms with E-state index >= 15 is 0 Å². The van der Waals surface area contributed by atoms with Crippen LogP contribution in [0.5, 0.6) is 5.75 Å². The fourth-order valence-corrected chi connectivity index (χ4v) is 5.42. The first kappa shape index (κ1) is 25.2. The summed E-state index contributed by atoms with van der Waals surface area (Å²) in [7, 11) is -1.95. The Kier molecular flexibility index (Phi) is 8.88. The van der Waals surface area contributed by atoms with Crippen LogP contribution < -0.4 is 14.8 Å². The van der Waals surface area contributed by atoms with Gasteiger partial charge in [0.15, 0.2) is 0 Å². The molecule has 1 fully saturated rings. The van der Waals surface area contributed by atoms with Crippen molar-refractivity contribution < 1.29 is 17.9 Å². The van der Waals surface area contributed by atoms with Gasteiger partial charge < -0.3 is 10.1 Å². The summed E-state index contributed by atoms with van der Waals surface area (Å²) in [5, 5.41) is 2.97. The quantitative estimate of drug-likeness (QED) is 0.554. The average Bonchev–Trinajstić information content (AvgIpc) is 2.79. The van der Waals surface area contributed by atoms with Gasteiger partial charge in [0.1, 0.15) is 5.75 Å². The van der Waals surface area contributed by atoms with Crippen molar-refractivity contribution >= 4 is 15.9 Å². The van der Waals surface area contributed by atoms with E-state index in [4.69, 9.17) is 4.74 Å². The molecule has 1 aliphatic rings. The lowest BCUT2D eigenvalue weighted by Gasteiger charge is -2.32. The molecular formula is C25H35N3O4S. The molecule has 0 radical (unpaired) electrons. The topological polar surface area (TPSA) is 87.7 Å². The Labute approximate surface area is 197 Å². The molecule has 0 aromatic heterocycles. The summed E-state index contributed by atoms with van der Waals surface area (Å²) in [4.78, 5) is 14.9. The van der Waals surface area contributed by atoms with Gasteiger partial charge >= 0.3 is 0 Å². The summed E-state index contributed by atoms with van der Waals surface area (Å²) in [6.45, 7) is 7.34. The van der Waals surface area contributed by atoms with Crippen LogP contribution in [0.25, 0.3) is 0 Å². The number of rotatable bonds is 10. The third-order valence-electron chi connectivity index (χ3n) is 6.12. The van der Waals surface area contributed by atoms with Gasteiger partial charge in [0, 0.05) is 26.1 Å². The first-order valence-corrected chi connectivity index (χ1v) is 12.9. The molecule has 0 spiro atoms. The number of sulfonamides is 1. The zero-order valence-electron chi connectivity index (χ0n) is 19.8. The molecule has 7 nitrogen and oxygen atoms in total. The first-order chi connectivity index (χ1) is 15.8. The molecule has 33 heavy (non-hydrogen) atoms. The number of methoxy groups -OCH3 is 1. The van der Waals surface area contributed by atoms with Crippen molar-refractivity contribution in [1.29, 1.82) is 0 Å². The number of nitrogens with zero attached hydrogens (tertiary/aromatic N) is 1. The molecule has 1 heterocycles. The number of hydrogen-bond donors (Lipinski definition) is 2. The maximum atomic E-state index is 12.5. The molecule has 0 saturated carbocycles. The predicted molar refractivity (Wildman–Crippen MR) is 130 cm³/mol. The van der Waals surface area contributed by atoms with E-state index in [0.717, 1.165) is 43.8 Å². The van der Waals surface area contributed by atoms with E-state index < -0.39 is 10.0 Å². The lowest BCUT2D eigenvalue weighted by molar-refractivity contribution is -0.121. The van der Waals surface area contributed by atoms with Crippen LogP contribution >= 0.6 is 0 Å².